The minimum Gasteiger partial charge on any atom is -0.426 e. The van der Waals surface area contributed by atoms with Gasteiger partial charge in [0.2, 0.25) is 0 Å². The first-order valence-corrected chi connectivity index (χ1v) is 12.0. The van der Waals surface area contributed by atoms with Crippen molar-refractivity contribution in [1.82, 2.24) is 4.98 Å². The number of benzene rings is 1. The first-order chi connectivity index (χ1) is 14.7. The van der Waals surface area contributed by atoms with E-state index >= 15 is 0 Å². The van der Waals surface area contributed by atoms with E-state index in [0.29, 0.717) is 5.75 Å². The predicted molar refractivity (Wildman–Crippen MR) is 124 cm³/mol. The summed E-state index contributed by atoms with van der Waals surface area (Å²) in [5, 5.41) is 0. The Morgan fingerprint density at radius 2 is 1.67 bits per heavy atom. The molecule has 2 aromatic rings. The summed E-state index contributed by atoms with van der Waals surface area (Å²) in [4.78, 5) is 17.2. The third-order valence-electron chi connectivity index (χ3n) is 6.41. The van der Waals surface area contributed by atoms with Gasteiger partial charge in [0.25, 0.3) is 0 Å². The van der Waals surface area contributed by atoms with Crippen molar-refractivity contribution in [2.75, 3.05) is 0 Å². The van der Waals surface area contributed by atoms with E-state index < -0.39 is 0 Å². The molecule has 0 atom stereocenters. The van der Waals surface area contributed by atoms with Gasteiger partial charge in [-0.1, -0.05) is 52.0 Å². The number of hydrogen-bond acceptors (Lipinski definition) is 3. The molecule has 1 aliphatic rings. The molecule has 0 bridgehead atoms. The van der Waals surface area contributed by atoms with Crippen LogP contribution in [0.3, 0.4) is 0 Å². The van der Waals surface area contributed by atoms with Gasteiger partial charge in [0.15, 0.2) is 0 Å². The molecule has 1 aliphatic carbocycles. The Balaban J connectivity index is 1.49. The number of nitrogens with zero attached hydrogens (tertiary/aromatic N) is 1. The molecule has 30 heavy (non-hydrogen) atoms. The largest absolute Gasteiger partial charge is 0.426 e. The lowest BCUT2D eigenvalue weighted by molar-refractivity contribution is -0.140. The van der Waals surface area contributed by atoms with Gasteiger partial charge in [0, 0.05) is 11.8 Å². The molecular formula is C27H37NO2. The summed E-state index contributed by atoms with van der Waals surface area (Å²) in [5.74, 6) is 1.43. The van der Waals surface area contributed by atoms with Crippen LogP contribution in [0.1, 0.15) is 83.6 Å². The zero-order valence-corrected chi connectivity index (χ0v) is 18.7. The molecule has 1 aromatic carbocycles. The Morgan fingerprint density at radius 1 is 0.933 bits per heavy atom. The van der Waals surface area contributed by atoms with Gasteiger partial charge in [-0.3, -0.25) is 9.78 Å². The Morgan fingerprint density at radius 3 is 2.30 bits per heavy atom. The van der Waals surface area contributed by atoms with Crippen LogP contribution in [0.2, 0.25) is 0 Å². The lowest BCUT2D eigenvalue weighted by atomic mass is 9.80. The van der Waals surface area contributed by atoms with E-state index in [2.05, 4.69) is 31.0 Å². The molecule has 0 saturated heterocycles. The molecule has 3 heteroatoms. The number of aryl methyl sites for hydroxylation is 1. The van der Waals surface area contributed by atoms with Crippen molar-refractivity contribution in [2.24, 2.45) is 11.8 Å². The van der Waals surface area contributed by atoms with Crippen LogP contribution in [-0.4, -0.2) is 11.0 Å². The van der Waals surface area contributed by atoms with E-state index in [9.17, 15) is 4.79 Å². The maximum atomic E-state index is 12.6. The van der Waals surface area contributed by atoms with Crippen molar-refractivity contribution in [2.45, 2.75) is 84.5 Å². The fraction of sp³-hybridized carbons (Fsp3) is 0.556. The van der Waals surface area contributed by atoms with Crippen LogP contribution >= 0.6 is 0 Å². The van der Waals surface area contributed by atoms with Gasteiger partial charge in [-0.15, -0.1) is 0 Å². The molecule has 1 heterocycles. The number of carbonyl (C=O) groups is 1. The maximum Gasteiger partial charge on any atom is 0.314 e. The fourth-order valence-corrected chi connectivity index (χ4v) is 4.40. The SMILES string of the molecule is CCCCCc1ccc(-c2ccc(OC(=O)[C@H]3CC[C@H](CCCC)CC3)cc2)nc1. The van der Waals surface area contributed by atoms with Crippen LogP contribution in [0.4, 0.5) is 0 Å². The zero-order chi connectivity index (χ0) is 21.2. The standard InChI is InChI=1S/C27H37NO2/c1-3-5-7-9-22-12-19-26(28-20-22)23-15-17-25(18-16-23)30-27(29)24-13-10-21(11-14-24)8-6-4-2/h12,15-21,24H,3-11,13-14H2,1-2H3/t21-,24-. The first-order valence-electron chi connectivity index (χ1n) is 12.0. The lowest BCUT2D eigenvalue weighted by Crippen LogP contribution is -2.25. The highest BCUT2D eigenvalue weighted by atomic mass is 16.5. The zero-order valence-electron chi connectivity index (χ0n) is 18.7. The van der Waals surface area contributed by atoms with Gasteiger partial charge < -0.3 is 4.74 Å². The van der Waals surface area contributed by atoms with E-state index in [1.165, 1.54) is 56.9 Å². The van der Waals surface area contributed by atoms with Crippen LogP contribution in [-0.2, 0) is 11.2 Å². The molecule has 0 N–H and O–H groups in total. The Labute approximate surface area is 182 Å². The van der Waals surface area contributed by atoms with Crippen molar-refractivity contribution in [3.63, 3.8) is 0 Å². The van der Waals surface area contributed by atoms with E-state index in [1.807, 2.05) is 30.5 Å². The van der Waals surface area contributed by atoms with Gasteiger partial charge in [-0.25, -0.2) is 0 Å². The molecule has 1 aromatic heterocycles. The van der Waals surface area contributed by atoms with Crippen LogP contribution in [0, 0.1) is 11.8 Å². The third kappa shape index (κ3) is 6.68. The number of carbonyl (C=O) groups excluding carboxylic acids is 1. The summed E-state index contributed by atoms with van der Waals surface area (Å²) in [6, 6.07) is 12.0. The van der Waals surface area contributed by atoms with Gasteiger partial charge in [0.05, 0.1) is 11.6 Å². The maximum absolute atomic E-state index is 12.6. The van der Waals surface area contributed by atoms with Crippen molar-refractivity contribution < 1.29 is 9.53 Å². The minimum absolute atomic E-state index is 0.0597. The number of aromatic nitrogens is 1. The Bertz CT molecular complexity index is 758. The molecule has 0 amide bonds. The van der Waals surface area contributed by atoms with E-state index in [0.717, 1.165) is 36.4 Å². The highest BCUT2D eigenvalue weighted by Gasteiger charge is 2.27. The summed E-state index contributed by atoms with van der Waals surface area (Å²) >= 11 is 0. The van der Waals surface area contributed by atoms with E-state index in [-0.39, 0.29) is 11.9 Å². The van der Waals surface area contributed by atoms with Crippen LogP contribution in [0.5, 0.6) is 5.75 Å². The molecule has 1 fully saturated rings. The molecule has 3 nitrogen and oxygen atoms in total. The van der Waals surface area contributed by atoms with Crippen molar-refractivity contribution in [3.05, 3.63) is 48.2 Å². The lowest BCUT2D eigenvalue weighted by Gasteiger charge is -2.27. The molecular weight excluding hydrogens is 370 g/mol. The van der Waals surface area contributed by atoms with Crippen molar-refractivity contribution >= 4 is 5.97 Å². The Kier molecular flexibility index (Phi) is 8.92. The highest BCUT2D eigenvalue weighted by molar-refractivity contribution is 5.75. The number of rotatable bonds is 10. The molecule has 162 valence electrons. The summed E-state index contributed by atoms with van der Waals surface area (Å²) in [6.07, 6.45) is 15.0. The summed E-state index contributed by atoms with van der Waals surface area (Å²) < 4.78 is 5.68. The van der Waals surface area contributed by atoms with Crippen molar-refractivity contribution in [3.8, 4) is 17.0 Å². The topological polar surface area (TPSA) is 39.2 Å². The van der Waals surface area contributed by atoms with Crippen LogP contribution in [0.15, 0.2) is 42.6 Å². The number of pyridine rings is 1. The monoisotopic (exact) mass is 407 g/mol. The number of esters is 1. The number of ether oxygens (including phenoxy) is 1. The second kappa shape index (κ2) is 11.9. The first kappa shape index (κ1) is 22.5. The molecule has 0 spiro atoms. The molecule has 0 aliphatic heterocycles. The van der Waals surface area contributed by atoms with Crippen LogP contribution in [0.25, 0.3) is 11.3 Å². The molecule has 0 unspecified atom stereocenters. The van der Waals surface area contributed by atoms with Gasteiger partial charge >= 0.3 is 5.97 Å². The normalized spacial score (nSPS) is 18.9. The second-order valence-corrected chi connectivity index (χ2v) is 8.81. The average molecular weight is 408 g/mol. The number of hydrogen-bond donors (Lipinski definition) is 0. The Hall–Kier alpha value is -2.16. The average Bonchev–Trinajstić information content (AvgIpc) is 2.79. The fourth-order valence-electron chi connectivity index (χ4n) is 4.40. The van der Waals surface area contributed by atoms with E-state index in [1.54, 1.807) is 0 Å². The van der Waals surface area contributed by atoms with Gasteiger partial charge in [-0.05, 0) is 80.3 Å². The van der Waals surface area contributed by atoms with Gasteiger partial charge in [0.1, 0.15) is 5.75 Å². The predicted octanol–water partition coefficient (Wildman–Crippen LogP) is 7.38. The molecule has 1 saturated carbocycles. The van der Waals surface area contributed by atoms with Gasteiger partial charge in [-0.2, -0.15) is 0 Å². The third-order valence-corrected chi connectivity index (χ3v) is 6.41. The minimum atomic E-state index is -0.0637. The van der Waals surface area contributed by atoms with Crippen LogP contribution < -0.4 is 4.74 Å². The second-order valence-electron chi connectivity index (χ2n) is 8.81. The summed E-state index contributed by atoms with van der Waals surface area (Å²) in [6.45, 7) is 4.47. The molecule has 3 rings (SSSR count). The molecule has 0 radical (unpaired) electrons. The summed E-state index contributed by atoms with van der Waals surface area (Å²) in [5.41, 5.74) is 3.30. The smallest absolute Gasteiger partial charge is 0.314 e. The highest BCUT2D eigenvalue weighted by Crippen LogP contribution is 2.33. The quantitative estimate of drug-likeness (QED) is 0.234. The number of unbranched alkanes of at least 4 members (excludes halogenated alkanes) is 3. The van der Waals surface area contributed by atoms with E-state index in [4.69, 9.17) is 4.74 Å². The van der Waals surface area contributed by atoms with Crippen molar-refractivity contribution in [1.29, 1.82) is 0 Å². The summed E-state index contributed by atoms with van der Waals surface area (Å²) in [7, 11) is 0.